The third-order valence-corrected chi connectivity index (χ3v) is 1.99. The second-order valence-electron chi connectivity index (χ2n) is 1.45. The standard InChI is InChI=1S/C2H6F2NO3P/c1-5(2)9(6,7-3)8-4/h1-2H3. The van der Waals surface area contributed by atoms with Crippen LogP contribution in [-0.2, 0) is 14.0 Å². The third kappa shape index (κ3) is 1.98. The highest BCUT2D eigenvalue weighted by atomic mass is 31.2. The van der Waals surface area contributed by atoms with Crippen LogP contribution in [0.1, 0.15) is 0 Å². The van der Waals surface area contributed by atoms with E-state index < -0.39 is 7.75 Å². The lowest BCUT2D eigenvalue weighted by molar-refractivity contribution is -0.100. The van der Waals surface area contributed by atoms with Gasteiger partial charge in [0, 0.05) is 0 Å². The van der Waals surface area contributed by atoms with E-state index in [1.54, 1.807) is 0 Å². The highest BCUT2D eigenvalue weighted by Crippen LogP contribution is 2.50. The van der Waals surface area contributed by atoms with Gasteiger partial charge in [-0.2, -0.15) is 0 Å². The Hall–Kier alpha value is -0.0300. The quantitative estimate of drug-likeness (QED) is 0.587. The van der Waals surface area contributed by atoms with Crippen molar-refractivity contribution in [3.05, 3.63) is 0 Å². The molecule has 9 heavy (non-hydrogen) atoms. The summed E-state index contributed by atoms with van der Waals surface area (Å²) in [7, 11) is -1.95. The second kappa shape index (κ2) is 3.22. The topological polar surface area (TPSA) is 38.8 Å². The fraction of sp³-hybridized carbons (Fsp3) is 1.00. The lowest BCUT2D eigenvalue weighted by Crippen LogP contribution is -2.08. The third-order valence-electron chi connectivity index (χ3n) is 0.664. The smallest absolute Gasteiger partial charge is 0.235 e. The Morgan fingerprint density at radius 1 is 1.33 bits per heavy atom. The molecule has 0 saturated heterocycles. The van der Waals surface area contributed by atoms with E-state index in [-0.39, 0.29) is 0 Å². The lowest BCUT2D eigenvalue weighted by atomic mass is 11.3. The van der Waals surface area contributed by atoms with Gasteiger partial charge in [-0.05, 0) is 23.1 Å². The molecule has 0 N–H and O–H groups in total. The summed E-state index contributed by atoms with van der Waals surface area (Å²) in [6, 6.07) is 0. The fourth-order valence-electron chi connectivity index (χ4n) is 0.134. The van der Waals surface area contributed by atoms with E-state index in [4.69, 9.17) is 0 Å². The first kappa shape index (κ1) is 8.97. The summed E-state index contributed by atoms with van der Waals surface area (Å²) >= 11 is 0. The van der Waals surface area contributed by atoms with Crippen molar-refractivity contribution >= 4 is 7.75 Å². The summed E-state index contributed by atoms with van der Waals surface area (Å²) < 4.78 is 38.8. The van der Waals surface area contributed by atoms with E-state index in [0.717, 1.165) is 14.1 Å². The van der Waals surface area contributed by atoms with Gasteiger partial charge in [-0.25, -0.2) is 9.24 Å². The van der Waals surface area contributed by atoms with Crippen LogP contribution in [0.3, 0.4) is 0 Å². The molecule has 0 rings (SSSR count). The number of hydrogen-bond donors (Lipinski definition) is 0. The summed E-state index contributed by atoms with van der Waals surface area (Å²) in [5.41, 5.74) is 0. The van der Waals surface area contributed by atoms with Crippen molar-refractivity contribution in [2.45, 2.75) is 0 Å². The molecule has 0 fully saturated rings. The minimum absolute atomic E-state index is 0.660. The Morgan fingerprint density at radius 3 is 1.67 bits per heavy atom. The first-order chi connectivity index (χ1) is 4.06. The van der Waals surface area contributed by atoms with E-state index in [2.05, 4.69) is 9.46 Å². The second-order valence-corrected chi connectivity index (χ2v) is 3.47. The van der Waals surface area contributed by atoms with Gasteiger partial charge in [0.1, 0.15) is 0 Å². The minimum atomic E-state index is -4.25. The van der Waals surface area contributed by atoms with Gasteiger partial charge >= 0.3 is 7.75 Å². The Bertz CT molecular complexity index is 121. The van der Waals surface area contributed by atoms with Crippen LogP contribution in [0.4, 0.5) is 9.05 Å². The average Bonchev–Trinajstić information content (AvgIpc) is 1.86. The molecule has 0 aromatic heterocycles. The van der Waals surface area contributed by atoms with Crippen LogP contribution in [0.25, 0.3) is 0 Å². The summed E-state index contributed by atoms with van der Waals surface area (Å²) in [6.45, 7) is 0. The van der Waals surface area contributed by atoms with Crippen LogP contribution in [0.5, 0.6) is 0 Å². The Balaban J connectivity index is 4.11. The summed E-state index contributed by atoms with van der Waals surface area (Å²) in [6.07, 6.45) is 0. The maximum absolute atomic E-state index is 11.1. The van der Waals surface area contributed by atoms with E-state index in [1.807, 2.05) is 0 Å². The van der Waals surface area contributed by atoms with Gasteiger partial charge in [0.15, 0.2) is 0 Å². The van der Waals surface area contributed by atoms with Crippen molar-refractivity contribution in [1.82, 2.24) is 4.67 Å². The average molecular weight is 161 g/mol. The molecule has 0 atom stereocenters. The highest BCUT2D eigenvalue weighted by Gasteiger charge is 2.30. The SMILES string of the molecule is CN(C)P(=O)(OF)OF. The minimum Gasteiger partial charge on any atom is -0.235 e. The fourth-order valence-corrected chi connectivity index (χ4v) is 0.402. The molecular formula is C2H6F2NO3P. The van der Waals surface area contributed by atoms with Gasteiger partial charge in [-0.15, -0.1) is 0 Å². The maximum atomic E-state index is 11.1. The van der Waals surface area contributed by atoms with Crippen LogP contribution < -0.4 is 0 Å². The van der Waals surface area contributed by atoms with Crippen LogP contribution in [0.2, 0.25) is 0 Å². The van der Waals surface area contributed by atoms with Crippen LogP contribution in [0, 0.1) is 0 Å². The van der Waals surface area contributed by atoms with E-state index in [9.17, 15) is 13.6 Å². The van der Waals surface area contributed by atoms with E-state index >= 15 is 0 Å². The monoisotopic (exact) mass is 161 g/mol. The largest absolute Gasteiger partial charge is 0.469 e. The van der Waals surface area contributed by atoms with Gasteiger partial charge in [-0.3, -0.25) is 0 Å². The van der Waals surface area contributed by atoms with Gasteiger partial charge in [0.25, 0.3) is 0 Å². The number of nitrogens with zero attached hydrogens (tertiary/aromatic N) is 1. The lowest BCUT2D eigenvalue weighted by Gasteiger charge is -2.12. The molecule has 0 aliphatic carbocycles. The van der Waals surface area contributed by atoms with Gasteiger partial charge < -0.3 is 0 Å². The number of halogens is 2. The summed E-state index contributed by atoms with van der Waals surface area (Å²) in [5.74, 6) is 0. The molecule has 0 aromatic carbocycles. The molecule has 0 aliphatic heterocycles. The number of hydrogen-bond acceptors (Lipinski definition) is 3. The van der Waals surface area contributed by atoms with Crippen molar-refractivity contribution in [2.24, 2.45) is 0 Å². The molecule has 0 aliphatic rings. The van der Waals surface area contributed by atoms with E-state index in [0.29, 0.717) is 4.67 Å². The molecule has 56 valence electrons. The summed E-state index contributed by atoms with van der Waals surface area (Å²) in [5, 5.41) is 0. The summed E-state index contributed by atoms with van der Waals surface area (Å²) in [4.78, 5) is 0. The molecule has 0 heterocycles. The number of rotatable bonds is 3. The predicted octanol–water partition coefficient (Wildman–Crippen LogP) is 1.46. The van der Waals surface area contributed by atoms with Gasteiger partial charge in [0.05, 0.1) is 0 Å². The molecule has 7 heteroatoms. The van der Waals surface area contributed by atoms with Gasteiger partial charge in [-0.1, -0.05) is 9.46 Å². The molecule has 4 nitrogen and oxygen atoms in total. The van der Waals surface area contributed by atoms with Gasteiger partial charge in [0.2, 0.25) is 0 Å². The van der Waals surface area contributed by atoms with Crippen molar-refractivity contribution in [3.63, 3.8) is 0 Å². The first-order valence-electron chi connectivity index (χ1n) is 1.95. The van der Waals surface area contributed by atoms with Crippen molar-refractivity contribution in [3.8, 4) is 0 Å². The van der Waals surface area contributed by atoms with Crippen LogP contribution in [-0.4, -0.2) is 18.8 Å². The van der Waals surface area contributed by atoms with Crippen molar-refractivity contribution < 1.29 is 23.1 Å². The molecule has 0 saturated carbocycles. The molecule has 0 aromatic rings. The maximum Gasteiger partial charge on any atom is 0.469 e. The molecule has 0 amide bonds. The molecular weight excluding hydrogens is 155 g/mol. The van der Waals surface area contributed by atoms with Crippen LogP contribution in [0.15, 0.2) is 0 Å². The highest BCUT2D eigenvalue weighted by molar-refractivity contribution is 7.50. The predicted molar refractivity (Wildman–Crippen MR) is 25.7 cm³/mol. The van der Waals surface area contributed by atoms with E-state index in [1.165, 1.54) is 0 Å². The zero-order valence-electron chi connectivity index (χ0n) is 4.88. The van der Waals surface area contributed by atoms with Crippen molar-refractivity contribution in [2.75, 3.05) is 14.1 Å². The Morgan fingerprint density at radius 2 is 1.67 bits per heavy atom. The molecule has 0 bridgehead atoms. The Kier molecular flexibility index (Phi) is 3.21. The molecule has 0 radical (unpaired) electrons. The normalized spacial score (nSPS) is 12.6. The molecule has 0 unspecified atom stereocenters. The van der Waals surface area contributed by atoms with Crippen molar-refractivity contribution in [1.29, 1.82) is 0 Å². The first-order valence-corrected chi connectivity index (χ1v) is 3.45. The Labute approximate surface area is 50.7 Å². The zero-order chi connectivity index (χ0) is 7.49. The van der Waals surface area contributed by atoms with Crippen LogP contribution >= 0.6 is 7.75 Å². The molecule has 0 spiro atoms. The zero-order valence-corrected chi connectivity index (χ0v) is 5.77.